The van der Waals surface area contributed by atoms with E-state index in [1.54, 1.807) is 11.1 Å². The van der Waals surface area contributed by atoms with Gasteiger partial charge in [-0.1, -0.05) is 12.5 Å². The first kappa shape index (κ1) is 31.3. The van der Waals surface area contributed by atoms with Crippen molar-refractivity contribution in [1.82, 2.24) is 14.8 Å². The molecule has 3 aliphatic rings. The van der Waals surface area contributed by atoms with Gasteiger partial charge in [0.15, 0.2) is 0 Å². The number of amides is 1. The zero-order chi connectivity index (χ0) is 28.7. The Bertz CT molecular complexity index is 918. The summed E-state index contributed by atoms with van der Waals surface area (Å²) in [6.07, 6.45) is -2.31. The van der Waals surface area contributed by atoms with Crippen LogP contribution < -0.4 is 0 Å². The predicted molar refractivity (Wildman–Crippen MR) is 119 cm³/mol. The topological polar surface area (TPSA) is 120 Å². The average molecular weight is 557 g/mol. The minimum absolute atomic E-state index is 0.102. The van der Waals surface area contributed by atoms with Gasteiger partial charge in [0, 0.05) is 25.8 Å². The van der Waals surface area contributed by atoms with E-state index in [4.69, 9.17) is 24.5 Å². The van der Waals surface area contributed by atoms with Gasteiger partial charge in [-0.3, -0.25) is 14.7 Å². The van der Waals surface area contributed by atoms with Crippen molar-refractivity contribution in [2.24, 2.45) is 5.92 Å². The number of hydrogen-bond donors (Lipinski definition) is 2. The summed E-state index contributed by atoms with van der Waals surface area (Å²) in [5, 5.41) is 14.2. The first-order valence-corrected chi connectivity index (χ1v) is 11.7. The summed E-state index contributed by atoms with van der Waals surface area (Å²) in [7, 11) is 1.85. The maximum atomic E-state index is 12.7. The molecule has 0 radical (unpaired) electrons. The van der Waals surface area contributed by atoms with E-state index in [1.807, 2.05) is 25.2 Å². The number of pyridine rings is 1. The Morgan fingerprint density at radius 3 is 2.08 bits per heavy atom. The molecule has 4 rings (SSSR count). The largest absolute Gasteiger partial charge is 0.490 e. The zero-order valence-corrected chi connectivity index (χ0v) is 20.4. The molecule has 1 aromatic rings. The molecule has 1 saturated carbocycles. The quantitative estimate of drug-likeness (QED) is 0.541. The molecule has 0 aromatic carbocycles. The van der Waals surface area contributed by atoms with Gasteiger partial charge in [-0.25, -0.2) is 9.59 Å². The van der Waals surface area contributed by atoms with Crippen LogP contribution >= 0.6 is 0 Å². The van der Waals surface area contributed by atoms with Crippen LogP contribution in [0.4, 0.5) is 26.3 Å². The summed E-state index contributed by atoms with van der Waals surface area (Å²) in [5.74, 6) is -4.86. The molecule has 2 N–H and O–H groups in total. The molecular weight excluding hydrogens is 528 g/mol. The minimum Gasteiger partial charge on any atom is -0.475 e. The highest BCUT2D eigenvalue weighted by molar-refractivity contribution is 5.81. The Labute approximate surface area is 214 Å². The number of fused-ring (bicyclic) bond motifs is 1. The Morgan fingerprint density at radius 2 is 1.63 bits per heavy atom. The van der Waals surface area contributed by atoms with E-state index in [0.29, 0.717) is 12.5 Å². The number of rotatable bonds is 4. The highest BCUT2D eigenvalue weighted by Gasteiger charge is 2.44. The number of carbonyl (C=O) groups is 3. The number of ether oxygens (including phenoxy) is 1. The van der Waals surface area contributed by atoms with Gasteiger partial charge in [0.2, 0.25) is 0 Å². The van der Waals surface area contributed by atoms with E-state index in [1.165, 1.54) is 32.2 Å². The summed E-state index contributed by atoms with van der Waals surface area (Å²) in [4.78, 5) is 39.2. The Hall–Kier alpha value is -2.94. The number of nitrogens with zero attached hydrogens (tertiary/aromatic N) is 3. The highest BCUT2D eigenvalue weighted by atomic mass is 19.4. The summed E-state index contributed by atoms with van der Waals surface area (Å²) >= 11 is 0. The fourth-order valence-electron chi connectivity index (χ4n) is 4.26. The molecule has 3 fully saturated rings. The third-order valence-corrected chi connectivity index (χ3v) is 6.44. The van der Waals surface area contributed by atoms with Gasteiger partial charge in [-0.15, -0.1) is 0 Å². The number of aliphatic carboxylic acids is 2. The number of carboxylic acids is 2. The number of halogens is 6. The van der Waals surface area contributed by atoms with Crippen molar-refractivity contribution in [2.45, 2.75) is 69.3 Å². The third-order valence-electron chi connectivity index (χ3n) is 6.44. The van der Waals surface area contributed by atoms with E-state index in [-0.39, 0.29) is 18.1 Å². The molecule has 1 amide bonds. The van der Waals surface area contributed by atoms with Crippen LogP contribution in [0.1, 0.15) is 37.8 Å². The molecule has 0 bridgehead atoms. The van der Waals surface area contributed by atoms with Crippen LogP contribution in [0.5, 0.6) is 0 Å². The smallest absolute Gasteiger partial charge is 0.475 e. The second-order valence-electron chi connectivity index (χ2n) is 9.15. The summed E-state index contributed by atoms with van der Waals surface area (Å²) < 4.78 is 69.7. The van der Waals surface area contributed by atoms with Crippen LogP contribution in [0.3, 0.4) is 0 Å². The molecule has 2 saturated heterocycles. The molecular formula is C23H29F6N3O6. The lowest BCUT2D eigenvalue weighted by molar-refractivity contribution is -0.193. The summed E-state index contributed by atoms with van der Waals surface area (Å²) in [6, 6.07) is 6.58. The number of likely N-dealkylation sites (tertiary alicyclic amines) is 1. The maximum Gasteiger partial charge on any atom is 0.490 e. The predicted octanol–water partition coefficient (Wildman–Crippen LogP) is 3.34. The first-order chi connectivity index (χ1) is 17.6. The van der Waals surface area contributed by atoms with E-state index in [2.05, 4.69) is 9.88 Å². The molecule has 214 valence electrons. The second kappa shape index (κ2) is 13.2. The van der Waals surface area contributed by atoms with E-state index >= 15 is 0 Å². The minimum atomic E-state index is -5.08. The van der Waals surface area contributed by atoms with Crippen molar-refractivity contribution in [3.63, 3.8) is 0 Å². The van der Waals surface area contributed by atoms with Crippen LogP contribution in [-0.4, -0.2) is 93.6 Å². The van der Waals surface area contributed by atoms with Gasteiger partial charge in [0.25, 0.3) is 5.91 Å². The molecule has 3 atom stereocenters. The van der Waals surface area contributed by atoms with Crippen molar-refractivity contribution < 1.29 is 55.7 Å². The van der Waals surface area contributed by atoms with Crippen molar-refractivity contribution >= 4 is 17.8 Å². The second-order valence-corrected chi connectivity index (χ2v) is 9.15. The van der Waals surface area contributed by atoms with Crippen molar-refractivity contribution in [3.8, 4) is 0 Å². The number of carboxylic acid groups (broad SMARTS) is 2. The number of alkyl halides is 6. The fraction of sp³-hybridized carbons (Fsp3) is 0.652. The molecule has 2 aliphatic heterocycles. The Morgan fingerprint density at radius 1 is 1.05 bits per heavy atom. The van der Waals surface area contributed by atoms with Crippen LogP contribution in [0.25, 0.3) is 0 Å². The van der Waals surface area contributed by atoms with Crippen LogP contribution in [0.15, 0.2) is 24.4 Å². The molecule has 15 heteroatoms. The SMILES string of the molecule is CN(Cc1ccccn1)C(=O)[C@H]1C[C@@H]2CCN(C3CCC3)C[C@H]2O1.O=C(O)C(F)(F)F.O=C(O)C(F)(F)F. The van der Waals surface area contributed by atoms with Crippen LogP contribution in [0.2, 0.25) is 0 Å². The monoisotopic (exact) mass is 557 g/mol. The maximum absolute atomic E-state index is 12.7. The fourth-order valence-corrected chi connectivity index (χ4v) is 4.26. The molecule has 0 spiro atoms. The van der Waals surface area contributed by atoms with Crippen LogP contribution in [0, 0.1) is 5.92 Å². The van der Waals surface area contributed by atoms with Crippen molar-refractivity contribution in [3.05, 3.63) is 30.1 Å². The van der Waals surface area contributed by atoms with Gasteiger partial charge >= 0.3 is 24.3 Å². The normalized spacial score (nSPS) is 23.5. The number of carbonyl (C=O) groups excluding carboxylic acids is 1. The van der Waals surface area contributed by atoms with Crippen LogP contribution in [-0.2, 0) is 25.7 Å². The number of hydrogen-bond acceptors (Lipinski definition) is 6. The van der Waals surface area contributed by atoms with Gasteiger partial charge in [-0.05, 0) is 50.3 Å². The Kier molecular flexibility index (Phi) is 10.9. The molecule has 9 nitrogen and oxygen atoms in total. The highest BCUT2D eigenvalue weighted by Crippen LogP contribution is 2.37. The molecule has 0 unspecified atom stereocenters. The molecule has 1 aromatic heterocycles. The molecule has 1 aliphatic carbocycles. The lowest BCUT2D eigenvalue weighted by atomic mass is 9.86. The van der Waals surface area contributed by atoms with Crippen molar-refractivity contribution in [2.75, 3.05) is 20.1 Å². The van der Waals surface area contributed by atoms with Gasteiger partial charge in [0.1, 0.15) is 6.10 Å². The zero-order valence-electron chi connectivity index (χ0n) is 20.4. The summed E-state index contributed by atoms with van der Waals surface area (Å²) in [5.41, 5.74) is 0.917. The van der Waals surface area contributed by atoms with Gasteiger partial charge in [0.05, 0.1) is 18.3 Å². The average Bonchev–Trinajstić information content (AvgIpc) is 3.21. The Balaban J connectivity index is 0.000000301. The number of aromatic nitrogens is 1. The lowest BCUT2D eigenvalue weighted by Crippen LogP contribution is -2.49. The first-order valence-electron chi connectivity index (χ1n) is 11.7. The summed E-state index contributed by atoms with van der Waals surface area (Å²) in [6.45, 7) is 2.74. The lowest BCUT2D eigenvalue weighted by Gasteiger charge is -2.43. The third kappa shape index (κ3) is 9.42. The number of piperidine rings is 1. The van der Waals surface area contributed by atoms with E-state index < -0.39 is 24.3 Å². The molecule has 3 heterocycles. The molecule has 38 heavy (non-hydrogen) atoms. The van der Waals surface area contributed by atoms with Gasteiger partial charge < -0.3 is 19.8 Å². The number of likely N-dealkylation sites (N-methyl/N-ethyl adjacent to an activating group) is 1. The van der Waals surface area contributed by atoms with Crippen molar-refractivity contribution in [1.29, 1.82) is 0 Å². The van der Waals surface area contributed by atoms with E-state index in [0.717, 1.165) is 24.7 Å². The van der Waals surface area contributed by atoms with E-state index in [9.17, 15) is 31.1 Å². The standard InChI is InChI=1S/C19H27N3O2.2C2HF3O2/c1-21(12-15-5-2-3-9-20-15)19(23)17-11-14-8-10-22(13-18(14)24-17)16-6-4-7-16;2*3-2(4,5)1(6)7/h2-3,5,9,14,16-18H,4,6-8,10-13H2,1H3;2*(H,6,7)/t14-,17+,18+;;/m0../s1. The van der Waals surface area contributed by atoms with Gasteiger partial charge in [-0.2, -0.15) is 26.3 Å².